The average molecular weight is 272 g/mol. The van der Waals surface area contributed by atoms with Gasteiger partial charge in [-0.3, -0.25) is 4.79 Å². The molecule has 1 saturated carbocycles. The Labute approximate surface area is 110 Å². The van der Waals surface area contributed by atoms with Crippen molar-refractivity contribution in [3.05, 3.63) is 34.6 Å². The Bertz CT molecular complexity index is 428. The number of hydrogen-bond donors (Lipinski definition) is 2. The van der Waals surface area contributed by atoms with E-state index in [4.69, 9.17) is 16.7 Å². The summed E-state index contributed by atoms with van der Waals surface area (Å²) in [6.07, 6.45) is 2.56. The number of aliphatic hydroxyl groups excluding tert-OH is 1. The van der Waals surface area contributed by atoms with Gasteiger partial charge in [0.05, 0.1) is 10.6 Å². The minimum absolute atomic E-state index is 0.00640. The van der Waals surface area contributed by atoms with Crippen molar-refractivity contribution in [3.63, 3.8) is 0 Å². The number of carbonyl (C=O) groups is 1. The molecule has 2 N–H and O–H groups in total. The first kappa shape index (κ1) is 13.3. The minimum atomic E-state index is -0.626. The molecule has 0 bridgehead atoms. The van der Waals surface area contributed by atoms with E-state index in [1.54, 1.807) is 0 Å². The highest BCUT2D eigenvalue weighted by molar-refractivity contribution is 6.33. The number of nitrogens with one attached hydrogen (secondary N) is 1. The van der Waals surface area contributed by atoms with Gasteiger partial charge in [0, 0.05) is 12.6 Å². The summed E-state index contributed by atoms with van der Waals surface area (Å²) >= 11 is 5.83. The van der Waals surface area contributed by atoms with E-state index in [0.29, 0.717) is 12.3 Å². The lowest BCUT2D eigenvalue weighted by molar-refractivity contribution is 0.0920. The van der Waals surface area contributed by atoms with Gasteiger partial charge in [0.15, 0.2) is 0 Å². The van der Waals surface area contributed by atoms with Crippen molar-refractivity contribution in [1.82, 2.24) is 5.32 Å². The number of amides is 1. The first-order chi connectivity index (χ1) is 8.63. The SMILES string of the molecule is O=C(NC(CCO)C1CC1)c1c(F)cccc1Cl. The maximum atomic E-state index is 13.6. The van der Waals surface area contributed by atoms with Gasteiger partial charge in [-0.15, -0.1) is 0 Å². The molecule has 1 aliphatic carbocycles. The minimum Gasteiger partial charge on any atom is -0.396 e. The van der Waals surface area contributed by atoms with E-state index in [-0.39, 0.29) is 23.2 Å². The molecule has 0 spiro atoms. The zero-order valence-electron chi connectivity index (χ0n) is 9.83. The Morgan fingerprint density at radius 1 is 1.56 bits per heavy atom. The largest absolute Gasteiger partial charge is 0.396 e. The lowest BCUT2D eigenvalue weighted by atomic mass is 10.1. The summed E-state index contributed by atoms with van der Waals surface area (Å²) in [5.41, 5.74) is -0.122. The maximum absolute atomic E-state index is 13.6. The highest BCUT2D eigenvalue weighted by Gasteiger charge is 2.32. The second kappa shape index (κ2) is 5.67. The standard InChI is InChI=1S/C13H15ClFNO2/c14-9-2-1-3-10(15)12(9)13(18)16-11(6-7-17)8-4-5-8/h1-3,8,11,17H,4-7H2,(H,16,18). The van der Waals surface area contributed by atoms with Crippen molar-refractivity contribution in [2.75, 3.05) is 6.61 Å². The Morgan fingerprint density at radius 3 is 2.83 bits per heavy atom. The van der Waals surface area contributed by atoms with Crippen LogP contribution >= 0.6 is 11.6 Å². The molecule has 0 radical (unpaired) electrons. The van der Waals surface area contributed by atoms with Crippen LogP contribution in [-0.2, 0) is 0 Å². The fourth-order valence-electron chi connectivity index (χ4n) is 2.02. The van der Waals surface area contributed by atoms with Crippen molar-refractivity contribution in [2.24, 2.45) is 5.92 Å². The molecule has 1 fully saturated rings. The third kappa shape index (κ3) is 3.00. The van der Waals surface area contributed by atoms with Gasteiger partial charge in [-0.05, 0) is 37.3 Å². The first-order valence-corrected chi connectivity index (χ1v) is 6.37. The highest BCUT2D eigenvalue weighted by atomic mass is 35.5. The number of carbonyl (C=O) groups excluding carboxylic acids is 1. The summed E-state index contributed by atoms with van der Waals surface area (Å²) in [6.45, 7) is 0.00640. The smallest absolute Gasteiger partial charge is 0.256 e. The van der Waals surface area contributed by atoms with Crippen molar-refractivity contribution >= 4 is 17.5 Å². The number of aliphatic hydroxyl groups is 1. The van der Waals surface area contributed by atoms with Crippen LogP contribution in [0.5, 0.6) is 0 Å². The van der Waals surface area contributed by atoms with Crippen molar-refractivity contribution in [2.45, 2.75) is 25.3 Å². The first-order valence-electron chi connectivity index (χ1n) is 5.99. The van der Waals surface area contributed by atoms with Gasteiger partial charge in [0.1, 0.15) is 5.82 Å². The molecule has 0 saturated heterocycles. The molecule has 0 aliphatic heterocycles. The third-order valence-electron chi connectivity index (χ3n) is 3.14. The van der Waals surface area contributed by atoms with E-state index >= 15 is 0 Å². The van der Waals surface area contributed by atoms with Gasteiger partial charge in [0.2, 0.25) is 0 Å². The van der Waals surface area contributed by atoms with E-state index in [2.05, 4.69) is 5.32 Å². The highest BCUT2D eigenvalue weighted by Crippen LogP contribution is 2.34. The molecule has 1 atom stereocenters. The summed E-state index contributed by atoms with van der Waals surface area (Å²) in [6, 6.07) is 4.05. The number of rotatable bonds is 5. The van der Waals surface area contributed by atoms with Crippen LogP contribution in [0.25, 0.3) is 0 Å². The quantitative estimate of drug-likeness (QED) is 0.864. The molecule has 2 rings (SSSR count). The molecular weight excluding hydrogens is 257 g/mol. The Balaban J connectivity index is 2.10. The van der Waals surface area contributed by atoms with E-state index < -0.39 is 11.7 Å². The third-order valence-corrected chi connectivity index (χ3v) is 3.45. The van der Waals surface area contributed by atoms with Gasteiger partial charge in [-0.1, -0.05) is 17.7 Å². The second-order valence-electron chi connectivity index (χ2n) is 4.53. The van der Waals surface area contributed by atoms with E-state index in [1.807, 2.05) is 0 Å². The predicted octanol–water partition coefficient (Wildman–Crippen LogP) is 2.37. The van der Waals surface area contributed by atoms with Gasteiger partial charge in [0.25, 0.3) is 5.91 Å². The summed E-state index contributed by atoms with van der Waals surface area (Å²) < 4.78 is 13.6. The molecule has 1 aromatic carbocycles. The fourth-order valence-corrected chi connectivity index (χ4v) is 2.27. The molecule has 5 heteroatoms. The number of halogens is 2. The second-order valence-corrected chi connectivity index (χ2v) is 4.93. The van der Waals surface area contributed by atoms with Gasteiger partial charge in [-0.25, -0.2) is 4.39 Å². The average Bonchev–Trinajstić information content (AvgIpc) is 3.12. The van der Waals surface area contributed by atoms with Crippen LogP contribution < -0.4 is 5.32 Å². The van der Waals surface area contributed by atoms with Crippen molar-refractivity contribution in [1.29, 1.82) is 0 Å². The molecule has 0 heterocycles. The van der Waals surface area contributed by atoms with Crippen LogP contribution in [0.1, 0.15) is 29.6 Å². The topological polar surface area (TPSA) is 49.3 Å². The molecule has 1 unspecified atom stereocenters. The van der Waals surface area contributed by atoms with Crippen LogP contribution in [0.4, 0.5) is 4.39 Å². The van der Waals surface area contributed by atoms with E-state index in [0.717, 1.165) is 12.8 Å². The van der Waals surface area contributed by atoms with Gasteiger partial charge in [-0.2, -0.15) is 0 Å². The van der Waals surface area contributed by atoms with E-state index in [9.17, 15) is 9.18 Å². The molecule has 98 valence electrons. The Morgan fingerprint density at radius 2 is 2.28 bits per heavy atom. The zero-order valence-corrected chi connectivity index (χ0v) is 10.6. The van der Waals surface area contributed by atoms with Crippen LogP contribution in [0.3, 0.4) is 0 Å². The fraction of sp³-hybridized carbons (Fsp3) is 0.462. The lowest BCUT2D eigenvalue weighted by Gasteiger charge is -2.17. The molecular formula is C13H15ClFNO2. The molecule has 3 nitrogen and oxygen atoms in total. The zero-order chi connectivity index (χ0) is 13.1. The molecule has 18 heavy (non-hydrogen) atoms. The summed E-state index contributed by atoms with van der Waals surface area (Å²) in [5.74, 6) is -0.742. The normalized spacial score (nSPS) is 16.4. The summed E-state index contributed by atoms with van der Waals surface area (Å²) in [4.78, 5) is 12.0. The molecule has 1 aliphatic rings. The Kier molecular flexibility index (Phi) is 4.19. The maximum Gasteiger partial charge on any atom is 0.256 e. The van der Waals surface area contributed by atoms with Gasteiger partial charge < -0.3 is 10.4 Å². The summed E-state index contributed by atoms with van der Waals surface area (Å²) in [5, 5.41) is 11.8. The molecule has 1 aromatic rings. The van der Waals surface area contributed by atoms with Crippen LogP contribution in [-0.4, -0.2) is 23.7 Å². The lowest BCUT2D eigenvalue weighted by Crippen LogP contribution is -2.37. The number of benzene rings is 1. The summed E-state index contributed by atoms with van der Waals surface area (Å²) in [7, 11) is 0. The predicted molar refractivity (Wildman–Crippen MR) is 67.1 cm³/mol. The molecule has 0 aromatic heterocycles. The van der Waals surface area contributed by atoms with Gasteiger partial charge >= 0.3 is 0 Å². The van der Waals surface area contributed by atoms with E-state index in [1.165, 1.54) is 18.2 Å². The number of hydrogen-bond acceptors (Lipinski definition) is 2. The van der Waals surface area contributed by atoms with Crippen molar-refractivity contribution in [3.8, 4) is 0 Å². The Hall–Kier alpha value is -1.13. The van der Waals surface area contributed by atoms with Crippen LogP contribution in [0.15, 0.2) is 18.2 Å². The van der Waals surface area contributed by atoms with Crippen LogP contribution in [0, 0.1) is 11.7 Å². The monoisotopic (exact) mass is 271 g/mol. The molecule has 1 amide bonds. The van der Waals surface area contributed by atoms with Crippen molar-refractivity contribution < 1.29 is 14.3 Å². The van der Waals surface area contributed by atoms with Crippen LogP contribution in [0.2, 0.25) is 5.02 Å².